The van der Waals surface area contributed by atoms with E-state index in [0.717, 1.165) is 0 Å². The third kappa shape index (κ3) is 7.84. The lowest BCUT2D eigenvalue weighted by molar-refractivity contribution is -0.132. The second-order valence-corrected chi connectivity index (χ2v) is 10.7. The van der Waals surface area contributed by atoms with E-state index in [9.17, 15) is 23.1 Å². The Bertz CT molecular complexity index is 860. The summed E-state index contributed by atoms with van der Waals surface area (Å²) < 4.78 is 33.1. The molecule has 1 aliphatic heterocycles. The zero-order valence-corrected chi connectivity index (χ0v) is 19.9. The highest BCUT2D eigenvalue weighted by atomic mass is 32.2. The molecule has 1 saturated heterocycles. The standard InChI is InChI=1S/C22H35N3O6S/c1-14(2)12-18(20(26)23-17-10-11-31-22(17)28)24-21(27)19(13-15(3)4)25-32(29,30)16-8-6-5-7-9-16/h5-9,14-15,17-19,22,25,28H,10-13H2,1-4H3,(H,23,26)(H,24,27)/t17-,18-,19-,22?/m0/s1. The molecule has 0 radical (unpaired) electrons. The first-order valence-corrected chi connectivity index (χ1v) is 12.5. The van der Waals surface area contributed by atoms with Crippen molar-refractivity contribution in [3.05, 3.63) is 30.3 Å². The van der Waals surface area contributed by atoms with Crippen LogP contribution in [0.15, 0.2) is 35.2 Å². The van der Waals surface area contributed by atoms with Gasteiger partial charge in [-0.15, -0.1) is 0 Å². The van der Waals surface area contributed by atoms with Crippen LogP contribution in [0.4, 0.5) is 0 Å². The smallest absolute Gasteiger partial charge is 0.242 e. The number of rotatable bonds is 11. The minimum absolute atomic E-state index is 0.0346. The molecule has 10 heteroatoms. The second-order valence-electron chi connectivity index (χ2n) is 8.97. The fraction of sp³-hybridized carbons (Fsp3) is 0.636. The van der Waals surface area contributed by atoms with Gasteiger partial charge in [-0.1, -0.05) is 45.9 Å². The maximum Gasteiger partial charge on any atom is 0.242 e. The Kier molecular flexibility index (Phi) is 9.63. The van der Waals surface area contributed by atoms with E-state index in [1.807, 2.05) is 27.7 Å². The number of nitrogens with one attached hydrogen (secondary N) is 3. The van der Waals surface area contributed by atoms with Crippen LogP contribution in [0, 0.1) is 11.8 Å². The molecule has 2 amide bonds. The molecule has 0 aliphatic carbocycles. The van der Waals surface area contributed by atoms with E-state index < -0.39 is 46.3 Å². The molecule has 32 heavy (non-hydrogen) atoms. The van der Waals surface area contributed by atoms with Crippen molar-refractivity contribution in [2.75, 3.05) is 6.61 Å². The summed E-state index contributed by atoms with van der Waals surface area (Å²) in [5.41, 5.74) is 0. The van der Waals surface area contributed by atoms with Gasteiger partial charge in [-0.2, -0.15) is 4.72 Å². The molecule has 9 nitrogen and oxygen atoms in total. The monoisotopic (exact) mass is 469 g/mol. The van der Waals surface area contributed by atoms with Gasteiger partial charge in [0.1, 0.15) is 12.1 Å². The summed E-state index contributed by atoms with van der Waals surface area (Å²) in [6.45, 7) is 7.95. The first-order chi connectivity index (χ1) is 15.0. The third-order valence-electron chi connectivity index (χ3n) is 5.10. The van der Waals surface area contributed by atoms with Crippen LogP contribution in [0.2, 0.25) is 0 Å². The van der Waals surface area contributed by atoms with E-state index in [1.165, 1.54) is 12.1 Å². The van der Waals surface area contributed by atoms with Crippen molar-refractivity contribution >= 4 is 21.8 Å². The van der Waals surface area contributed by atoms with E-state index in [-0.39, 0.29) is 23.2 Å². The molecular formula is C22H35N3O6S. The fourth-order valence-electron chi connectivity index (χ4n) is 3.51. The lowest BCUT2D eigenvalue weighted by Gasteiger charge is -2.26. The molecule has 1 fully saturated rings. The van der Waals surface area contributed by atoms with Gasteiger partial charge in [0.05, 0.1) is 17.5 Å². The summed E-state index contributed by atoms with van der Waals surface area (Å²) in [6.07, 6.45) is 0.0208. The van der Waals surface area contributed by atoms with Gasteiger partial charge in [0, 0.05) is 0 Å². The lowest BCUT2D eigenvalue weighted by Crippen LogP contribution is -2.56. The Hall–Kier alpha value is -2.01. The Morgan fingerprint density at radius 3 is 2.16 bits per heavy atom. The summed E-state index contributed by atoms with van der Waals surface area (Å²) in [4.78, 5) is 26.0. The van der Waals surface area contributed by atoms with Crippen LogP contribution in [0.5, 0.6) is 0 Å². The van der Waals surface area contributed by atoms with Crippen molar-refractivity contribution in [3.63, 3.8) is 0 Å². The van der Waals surface area contributed by atoms with Gasteiger partial charge in [-0.05, 0) is 43.2 Å². The highest BCUT2D eigenvalue weighted by Gasteiger charge is 2.33. The fourth-order valence-corrected chi connectivity index (χ4v) is 4.74. The number of carbonyl (C=O) groups is 2. The van der Waals surface area contributed by atoms with Crippen LogP contribution in [-0.2, 0) is 24.3 Å². The summed E-state index contributed by atoms with van der Waals surface area (Å²) >= 11 is 0. The third-order valence-corrected chi connectivity index (χ3v) is 6.59. The SMILES string of the molecule is CC(C)C[C@H](NC(=O)[C@H](CC(C)C)NS(=O)(=O)c1ccccc1)C(=O)N[C@H]1CCOC1O. The van der Waals surface area contributed by atoms with Crippen molar-refractivity contribution in [2.45, 2.75) is 76.3 Å². The zero-order valence-electron chi connectivity index (χ0n) is 19.1. The molecule has 4 atom stereocenters. The van der Waals surface area contributed by atoms with Crippen molar-refractivity contribution in [3.8, 4) is 0 Å². The second kappa shape index (κ2) is 11.7. The zero-order chi connectivity index (χ0) is 23.9. The number of benzene rings is 1. The average molecular weight is 470 g/mol. The van der Waals surface area contributed by atoms with E-state index in [2.05, 4.69) is 15.4 Å². The van der Waals surface area contributed by atoms with Gasteiger partial charge >= 0.3 is 0 Å². The maximum atomic E-state index is 13.1. The normalized spacial score (nSPS) is 20.8. The van der Waals surface area contributed by atoms with Crippen LogP contribution < -0.4 is 15.4 Å². The predicted molar refractivity (Wildman–Crippen MR) is 120 cm³/mol. The molecule has 4 N–H and O–H groups in total. The summed E-state index contributed by atoms with van der Waals surface area (Å²) in [5, 5.41) is 15.2. The molecule has 0 bridgehead atoms. The van der Waals surface area contributed by atoms with E-state index in [0.29, 0.717) is 19.4 Å². The Labute approximate surface area is 190 Å². The number of amides is 2. The van der Waals surface area contributed by atoms with E-state index in [4.69, 9.17) is 4.74 Å². The van der Waals surface area contributed by atoms with Gasteiger partial charge in [-0.25, -0.2) is 8.42 Å². The molecular weight excluding hydrogens is 434 g/mol. The molecule has 2 rings (SSSR count). The molecule has 1 aliphatic rings. The van der Waals surface area contributed by atoms with Crippen LogP contribution in [0.25, 0.3) is 0 Å². The van der Waals surface area contributed by atoms with Gasteiger partial charge < -0.3 is 20.5 Å². The number of hydrogen-bond donors (Lipinski definition) is 4. The van der Waals surface area contributed by atoms with E-state index in [1.54, 1.807) is 18.2 Å². The first-order valence-electron chi connectivity index (χ1n) is 11.0. The number of ether oxygens (including phenoxy) is 1. The van der Waals surface area contributed by atoms with E-state index >= 15 is 0 Å². The van der Waals surface area contributed by atoms with Crippen LogP contribution in [-0.4, -0.2) is 56.4 Å². The number of aliphatic hydroxyl groups is 1. The minimum Gasteiger partial charge on any atom is -0.366 e. The summed E-state index contributed by atoms with van der Waals surface area (Å²) in [7, 11) is -3.92. The van der Waals surface area contributed by atoms with Crippen LogP contribution >= 0.6 is 0 Å². The van der Waals surface area contributed by atoms with Crippen LogP contribution in [0.1, 0.15) is 47.0 Å². The molecule has 1 aromatic carbocycles. The van der Waals surface area contributed by atoms with Gasteiger partial charge in [0.15, 0.2) is 6.29 Å². The number of aliphatic hydroxyl groups excluding tert-OH is 1. The van der Waals surface area contributed by atoms with Crippen LogP contribution in [0.3, 0.4) is 0 Å². The highest BCUT2D eigenvalue weighted by Crippen LogP contribution is 2.15. The number of carbonyl (C=O) groups excluding carboxylic acids is 2. The van der Waals surface area contributed by atoms with Crippen molar-refractivity contribution < 1.29 is 27.9 Å². The summed E-state index contributed by atoms with van der Waals surface area (Å²) in [6, 6.07) is 5.38. The number of hydrogen-bond acceptors (Lipinski definition) is 6. The average Bonchev–Trinajstić information content (AvgIpc) is 3.11. The molecule has 0 spiro atoms. The molecule has 0 aromatic heterocycles. The van der Waals surface area contributed by atoms with Gasteiger partial charge in [0.2, 0.25) is 21.8 Å². The van der Waals surface area contributed by atoms with Gasteiger partial charge in [0.25, 0.3) is 0 Å². The highest BCUT2D eigenvalue weighted by molar-refractivity contribution is 7.89. The molecule has 0 saturated carbocycles. The van der Waals surface area contributed by atoms with Crippen molar-refractivity contribution in [2.24, 2.45) is 11.8 Å². The molecule has 180 valence electrons. The molecule has 1 unspecified atom stereocenters. The maximum absolute atomic E-state index is 13.1. The topological polar surface area (TPSA) is 134 Å². The minimum atomic E-state index is -3.92. The Balaban J connectivity index is 2.15. The quantitative estimate of drug-likeness (QED) is 0.384. The summed E-state index contributed by atoms with van der Waals surface area (Å²) in [5.74, 6) is -0.870. The van der Waals surface area contributed by atoms with Crippen molar-refractivity contribution in [1.82, 2.24) is 15.4 Å². The van der Waals surface area contributed by atoms with Gasteiger partial charge in [-0.3, -0.25) is 9.59 Å². The molecule has 1 heterocycles. The number of sulfonamides is 1. The Morgan fingerprint density at radius 1 is 1.03 bits per heavy atom. The van der Waals surface area contributed by atoms with Crippen molar-refractivity contribution in [1.29, 1.82) is 0 Å². The predicted octanol–water partition coefficient (Wildman–Crippen LogP) is 1.13. The lowest BCUT2D eigenvalue weighted by atomic mass is 10.0. The Morgan fingerprint density at radius 2 is 1.62 bits per heavy atom. The first kappa shape index (κ1) is 26.2. The molecule has 1 aromatic rings. The largest absolute Gasteiger partial charge is 0.366 e.